The number of carbonyl (C=O) groups excluding carboxylic acids is 2. The van der Waals surface area contributed by atoms with E-state index in [1.165, 1.54) is 7.11 Å². The monoisotopic (exact) mass is 498 g/mol. The number of carbonyl (C=O) groups is 2. The van der Waals surface area contributed by atoms with Crippen LogP contribution < -0.4 is 5.32 Å². The molecule has 1 aliphatic rings. The Morgan fingerprint density at radius 2 is 1.94 bits per heavy atom. The molecule has 1 N–H and O–H groups in total. The highest BCUT2D eigenvalue weighted by atomic mass is 32.2. The second-order valence-electron chi connectivity index (χ2n) is 9.11. The summed E-state index contributed by atoms with van der Waals surface area (Å²) in [6, 6.07) is 13.9. The number of benzene rings is 2. The molecule has 0 saturated carbocycles. The Hall–Kier alpha value is -2.35. The van der Waals surface area contributed by atoms with Crippen LogP contribution in [0, 0.1) is 6.92 Å². The molecule has 2 aromatic carbocycles. The van der Waals surface area contributed by atoms with Gasteiger partial charge in [-0.1, -0.05) is 37.3 Å². The minimum Gasteiger partial charge on any atom is -0.467 e. The van der Waals surface area contributed by atoms with E-state index in [0.717, 1.165) is 53.9 Å². The van der Waals surface area contributed by atoms with E-state index in [1.54, 1.807) is 18.9 Å². The second kappa shape index (κ2) is 13.1. The van der Waals surface area contributed by atoms with E-state index in [-0.39, 0.29) is 12.0 Å². The Morgan fingerprint density at radius 1 is 1.17 bits per heavy atom. The molecule has 1 aliphatic heterocycles. The minimum atomic E-state index is -0.676. The zero-order chi connectivity index (χ0) is 25.4. The molecule has 0 radical (unpaired) electrons. The maximum atomic E-state index is 13.4. The average Bonchev–Trinajstić information content (AvgIpc) is 3.28. The van der Waals surface area contributed by atoms with Crippen molar-refractivity contribution in [2.24, 2.45) is 0 Å². The molecular formula is C28H38N2O4S. The van der Waals surface area contributed by atoms with Crippen LogP contribution in [0.15, 0.2) is 42.5 Å². The number of hydrogen-bond donors (Lipinski definition) is 1. The molecule has 0 aliphatic carbocycles. The number of nitrogens with zero attached hydrogens (tertiary/aromatic N) is 1. The van der Waals surface area contributed by atoms with Crippen LogP contribution in [0.2, 0.25) is 0 Å². The quantitative estimate of drug-likeness (QED) is 0.454. The van der Waals surface area contributed by atoms with Crippen LogP contribution >= 0.6 is 11.8 Å². The van der Waals surface area contributed by atoms with E-state index in [4.69, 9.17) is 9.47 Å². The van der Waals surface area contributed by atoms with Gasteiger partial charge in [0.25, 0.3) is 5.91 Å². The van der Waals surface area contributed by atoms with Crippen LogP contribution in [-0.4, -0.2) is 67.7 Å². The third kappa shape index (κ3) is 6.87. The number of esters is 1. The van der Waals surface area contributed by atoms with Gasteiger partial charge in [-0.2, -0.15) is 11.8 Å². The molecule has 1 unspecified atom stereocenters. The highest BCUT2D eigenvalue weighted by molar-refractivity contribution is 7.98. The van der Waals surface area contributed by atoms with Gasteiger partial charge in [0.05, 0.1) is 13.2 Å². The fourth-order valence-electron chi connectivity index (χ4n) is 4.81. The maximum Gasteiger partial charge on any atom is 0.328 e. The highest BCUT2D eigenvalue weighted by Crippen LogP contribution is 2.30. The first-order valence-electron chi connectivity index (χ1n) is 12.2. The fraction of sp³-hybridized carbons (Fsp3) is 0.500. The van der Waals surface area contributed by atoms with Gasteiger partial charge in [0, 0.05) is 31.8 Å². The molecule has 6 nitrogen and oxygen atoms in total. The lowest BCUT2D eigenvalue weighted by Gasteiger charge is -2.24. The molecule has 7 heteroatoms. The van der Waals surface area contributed by atoms with Crippen LogP contribution in [0.5, 0.6) is 0 Å². The van der Waals surface area contributed by atoms with Crippen molar-refractivity contribution in [2.45, 2.75) is 57.8 Å². The van der Waals surface area contributed by atoms with Crippen molar-refractivity contribution in [3.05, 3.63) is 59.2 Å². The molecule has 190 valence electrons. The fourth-order valence-corrected chi connectivity index (χ4v) is 5.28. The molecule has 1 heterocycles. The third-order valence-corrected chi connectivity index (χ3v) is 7.49. The summed E-state index contributed by atoms with van der Waals surface area (Å²) in [7, 11) is 3.13. The number of likely N-dealkylation sites (tertiary alicyclic amines) is 1. The van der Waals surface area contributed by atoms with Crippen molar-refractivity contribution >= 4 is 23.6 Å². The van der Waals surface area contributed by atoms with Crippen LogP contribution in [0.1, 0.15) is 47.7 Å². The van der Waals surface area contributed by atoms with Gasteiger partial charge in [-0.3, -0.25) is 9.69 Å². The van der Waals surface area contributed by atoms with Crippen molar-refractivity contribution < 1.29 is 19.1 Å². The predicted molar refractivity (Wildman–Crippen MR) is 143 cm³/mol. The predicted octanol–water partition coefficient (Wildman–Crippen LogP) is 4.69. The van der Waals surface area contributed by atoms with Crippen LogP contribution in [0.4, 0.5) is 0 Å². The first-order valence-corrected chi connectivity index (χ1v) is 13.6. The summed E-state index contributed by atoms with van der Waals surface area (Å²) < 4.78 is 10.6. The lowest BCUT2D eigenvalue weighted by Crippen LogP contribution is -2.42. The second-order valence-corrected chi connectivity index (χ2v) is 10.1. The number of thioether (sulfide) groups is 1. The summed E-state index contributed by atoms with van der Waals surface area (Å²) in [4.78, 5) is 28.2. The normalized spacial score (nSPS) is 18.9. The molecule has 0 bridgehead atoms. The maximum absolute atomic E-state index is 13.4. The van der Waals surface area contributed by atoms with Gasteiger partial charge < -0.3 is 14.8 Å². The van der Waals surface area contributed by atoms with Crippen molar-refractivity contribution in [3.63, 3.8) is 0 Å². The van der Waals surface area contributed by atoms with Crippen LogP contribution in [0.25, 0.3) is 11.1 Å². The smallest absolute Gasteiger partial charge is 0.328 e. The average molecular weight is 499 g/mol. The van der Waals surface area contributed by atoms with Gasteiger partial charge in [0.1, 0.15) is 6.04 Å². The van der Waals surface area contributed by atoms with E-state index >= 15 is 0 Å². The number of amides is 1. The van der Waals surface area contributed by atoms with E-state index in [2.05, 4.69) is 36.2 Å². The molecule has 3 atom stereocenters. The summed E-state index contributed by atoms with van der Waals surface area (Å²) in [5, 5.41) is 2.92. The van der Waals surface area contributed by atoms with Crippen LogP contribution in [-0.2, 0) is 20.8 Å². The Kier molecular flexibility index (Phi) is 10.2. The van der Waals surface area contributed by atoms with Gasteiger partial charge in [0.2, 0.25) is 0 Å². The van der Waals surface area contributed by atoms with Gasteiger partial charge >= 0.3 is 5.97 Å². The van der Waals surface area contributed by atoms with Crippen molar-refractivity contribution in [1.29, 1.82) is 0 Å². The van der Waals surface area contributed by atoms with Gasteiger partial charge in [-0.25, -0.2) is 4.79 Å². The number of nitrogens with one attached hydrogen (secondary N) is 1. The number of ether oxygens (including phenoxy) is 2. The molecular weight excluding hydrogens is 460 g/mol. The molecule has 1 fully saturated rings. The Labute approximate surface area is 213 Å². The SMILES string of the molecule is CC[C@@H]1CC(OC)CN1Cc1ccc(C(=O)N[C@@H](CCSC)C(=O)OC)c(-c2ccccc2C)c1. The number of hydrogen-bond acceptors (Lipinski definition) is 6. The molecule has 2 aromatic rings. The summed E-state index contributed by atoms with van der Waals surface area (Å²) >= 11 is 1.63. The van der Waals surface area contributed by atoms with Crippen molar-refractivity contribution in [1.82, 2.24) is 10.2 Å². The lowest BCUT2D eigenvalue weighted by molar-refractivity contribution is -0.142. The molecule has 35 heavy (non-hydrogen) atoms. The summed E-state index contributed by atoms with van der Waals surface area (Å²) in [5.41, 5.74) is 4.70. The Balaban J connectivity index is 1.93. The summed E-state index contributed by atoms with van der Waals surface area (Å²) in [6.45, 7) is 5.98. The first kappa shape index (κ1) is 27.2. The summed E-state index contributed by atoms with van der Waals surface area (Å²) in [5.74, 6) is 0.0627. The van der Waals surface area contributed by atoms with E-state index < -0.39 is 12.0 Å². The molecule has 3 rings (SSSR count). The molecule has 1 amide bonds. The number of aryl methyl sites for hydroxylation is 1. The third-order valence-electron chi connectivity index (χ3n) is 6.85. The van der Waals surface area contributed by atoms with Gasteiger partial charge in [-0.15, -0.1) is 0 Å². The van der Waals surface area contributed by atoms with Gasteiger partial charge in [-0.05, 0) is 72.6 Å². The van der Waals surface area contributed by atoms with Crippen molar-refractivity contribution in [3.8, 4) is 11.1 Å². The number of rotatable bonds is 11. The first-order chi connectivity index (χ1) is 16.9. The zero-order valence-corrected chi connectivity index (χ0v) is 22.3. The van der Waals surface area contributed by atoms with Crippen LogP contribution in [0.3, 0.4) is 0 Å². The highest BCUT2D eigenvalue weighted by Gasteiger charge is 2.31. The van der Waals surface area contributed by atoms with E-state index in [0.29, 0.717) is 18.0 Å². The van der Waals surface area contributed by atoms with Crippen molar-refractivity contribution in [2.75, 3.05) is 32.8 Å². The van der Waals surface area contributed by atoms with E-state index in [1.807, 2.05) is 36.6 Å². The molecule has 1 saturated heterocycles. The Bertz CT molecular complexity index is 1010. The number of methoxy groups -OCH3 is 2. The van der Waals surface area contributed by atoms with E-state index in [9.17, 15) is 9.59 Å². The summed E-state index contributed by atoms with van der Waals surface area (Å²) in [6.07, 6.45) is 4.88. The lowest BCUT2D eigenvalue weighted by atomic mass is 9.93. The molecule has 0 aromatic heterocycles. The largest absolute Gasteiger partial charge is 0.467 e. The Morgan fingerprint density at radius 3 is 2.60 bits per heavy atom. The topological polar surface area (TPSA) is 67.9 Å². The standard InChI is InChI=1S/C28H38N2O4S/c1-6-21-16-22(33-3)18-30(21)17-20-11-12-24(25(15-20)23-10-8-7-9-19(23)2)27(31)29-26(13-14-35-5)28(32)34-4/h7-12,15,21-22,26H,6,13-14,16-18H2,1-5H3,(H,29,31)/t21-,22?,26+/m1/s1. The zero-order valence-electron chi connectivity index (χ0n) is 21.5. The molecule has 0 spiro atoms. The minimum absolute atomic E-state index is 0.261. The van der Waals surface area contributed by atoms with Gasteiger partial charge in [0.15, 0.2) is 0 Å².